The number of nitrogens with one attached hydrogen (secondary N) is 1. The molecule has 0 aromatic rings. The third-order valence-corrected chi connectivity index (χ3v) is 5.09. The first-order valence-corrected chi connectivity index (χ1v) is 7.53. The first-order chi connectivity index (χ1) is 7.89. The van der Waals surface area contributed by atoms with Crippen molar-refractivity contribution >= 4 is 21.8 Å². The normalized spacial score (nSPS) is 33.4. The van der Waals surface area contributed by atoms with Crippen LogP contribution in [0.25, 0.3) is 0 Å². The van der Waals surface area contributed by atoms with Crippen molar-refractivity contribution in [2.24, 2.45) is 5.92 Å². The maximum atomic E-state index is 11.7. The van der Waals surface area contributed by atoms with Gasteiger partial charge in [0.2, 0.25) is 5.91 Å². The Morgan fingerprint density at radius 3 is 2.71 bits per heavy atom. The van der Waals surface area contributed by atoms with E-state index in [9.17, 15) is 18.0 Å². The molecule has 2 fully saturated rings. The van der Waals surface area contributed by atoms with Crippen molar-refractivity contribution in [3.8, 4) is 0 Å². The molecule has 7 heteroatoms. The summed E-state index contributed by atoms with van der Waals surface area (Å²) < 4.78 is 23.1. The van der Waals surface area contributed by atoms with Crippen LogP contribution >= 0.6 is 0 Å². The van der Waals surface area contributed by atoms with E-state index in [4.69, 9.17) is 0 Å². The lowest BCUT2D eigenvalue weighted by molar-refractivity contribution is -0.125. The second-order valence-electron chi connectivity index (χ2n) is 4.76. The average Bonchev–Trinajstić information content (AvgIpc) is 2.22. The Balaban J connectivity index is 2.11. The second kappa shape index (κ2) is 4.29. The quantitative estimate of drug-likeness (QED) is 0.704. The molecule has 2 saturated heterocycles. The van der Waals surface area contributed by atoms with Crippen molar-refractivity contribution in [2.75, 3.05) is 18.1 Å². The number of urea groups is 1. The van der Waals surface area contributed by atoms with Crippen molar-refractivity contribution < 1.29 is 18.0 Å². The number of imide groups is 1. The second-order valence-corrected chi connectivity index (χ2v) is 6.99. The van der Waals surface area contributed by atoms with Gasteiger partial charge in [-0.1, -0.05) is 6.92 Å². The lowest BCUT2D eigenvalue weighted by Crippen LogP contribution is -2.59. The summed E-state index contributed by atoms with van der Waals surface area (Å²) in [6.07, 6.45) is 1.27. The highest BCUT2D eigenvalue weighted by Gasteiger charge is 2.37. The molecule has 2 rings (SSSR count). The van der Waals surface area contributed by atoms with Crippen molar-refractivity contribution in [3.05, 3.63) is 0 Å². The maximum absolute atomic E-state index is 11.7. The highest BCUT2D eigenvalue weighted by atomic mass is 32.2. The molecule has 2 unspecified atom stereocenters. The van der Waals surface area contributed by atoms with E-state index in [1.54, 1.807) is 6.92 Å². The van der Waals surface area contributed by atoms with E-state index in [0.717, 1.165) is 0 Å². The number of carbonyl (C=O) groups is 2. The summed E-state index contributed by atoms with van der Waals surface area (Å²) in [5.41, 5.74) is 0. The van der Waals surface area contributed by atoms with Crippen LogP contribution in [0.4, 0.5) is 4.79 Å². The van der Waals surface area contributed by atoms with E-state index < -0.39 is 15.9 Å². The van der Waals surface area contributed by atoms with Crippen LogP contribution < -0.4 is 5.32 Å². The van der Waals surface area contributed by atoms with Crippen LogP contribution in [0.15, 0.2) is 0 Å². The summed E-state index contributed by atoms with van der Waals surface area (Å²) in [7, 11) is -3.04. The molecule has 3 amide bonds. The molecule has 0 aromatic heterocycles. The number of carbonyl (C=O) groups excluding carboxylic acids is 2. The third kappa shape index (κ3) is 2.59. The van der Waals surface area contributed by atoms with E-state index in [0.29, 0.717) is 19.4 Å². The van der Waals surface area contributed by atoms with Crippen molar-refractivity contribution in [2.45, 2.75) is 25.8 Å². The van der Waals surface area contributed by atoms with E-state index >= 15 is 0 Å². The Kier molecular flexibility index (Phi) is 3.11. The Morgan fingerprint density at radius 1 is 1.35 bits per heavy atom. The van der Waals surface area contributed by atoms with Gasteiger partial charge in [0.25, 0.3) is 0 Å². The zero-order valence-electron chi connectivity index (χ0n) is 9.68. The molecule has 96 valence electrons. The molecule has 2 atom stereocenters. The van der Waals surface area contributed by atoms with Crippen molar-refractivity contribution in [3.63, 3.8) is 0 Å². The summed E-state index contributed by atoms with van der Waals surface area (Å²) in [5.74, 6) is -0.350. The predicted molar refractivity (Wildman–Crippen MR) is 61.1 cm³/mol. The molecule has 2 aliphatic rings. The monoisotopic (exact) mass is 260 g/mol. The average molecular weight is 260 g/mol. The summed E-state index contributed by atoms with van der Waals surface area (Å²) >= 11 is 0. The summed E-state index contributed by atoms with van der Waals surface area (Å²) in [6.45, 7) is 2.04. The molecule has 6 nitrogen and oxygen atoms in total. The number of hydrogen-bond acceptors (Lipinski definition) is 4. The lowest BCUT2D eigenvalue weighted by atomic mass is 10.1. The minimum atomic E-state index is -3.04. The van der Waals surface area contributed by atoms with Crippen LogP contribution in [-0.4, -0.2) is 49.3 Å². The fourth-order valence-corrected chi connectivity index (χ4v) is 4.03. The Bertz CT molecular complexity index is 445. The maximum Gasteiger partial charge on any atom is 0.324 e. The van der Waals surface area contributed by atoms with Gasteiger partial charge in [-0.25, -0.2) is 13.2 Å². The Morgan fingerprint density at radius 2 is 2.06 bits per heavy atom. The highest BCUT2D eigenvalue weighted by molar-refractivity contribution is 7.91. The number of rotatable bonds is 1. The Hall–Kier alpha value is -1.11. The van der Waals surface area contributed by atoms with Gasteiger partial charge >= 0.3 is 6.03 Å². The third-order valence-electron chi connectivity index (χ3n) is 3.29. The van der Waals surface area contributed by atoms with Crippen LogP contribution in [0, 0.1) is 5.92 Å². The highest BCUT2D eigenvalue weighted by Crippen LogP contribution is 2.20. The lowest BCUT2D eigenvalue weighted by Gasteiger charge is -2.38. The van der Waals surface area contributed by atoms with Crippen LogP contribution in [0.5, 0.6) is 0 Å². The zero-order chi connectivity index (χ0) is 12.6. The number of sulfone groups is 1. The van der Waals surface area contributed by atoms with Gasteiger partial charge in [-0.15, -0.1) is 0 Å². The smallest absolute Gasteiger partial charge is 0.320 e. The Labute approximate surface area is 100 Å². The van der Waals surface area contributed by atoms with Gasteiger partial charge in [0.15, 0.2) is 9.84 Å². The summed E-state index contributed by atoms with van der Waals surface area (Å²) in [6, 6.07) is -0.750. The number of hydrogen-bond donors (Lipinski definition) is 1. The minimum Gasteiger partial charge on any atom is -0.320 e. The predicted octanol–water partition coefficient (Wildman–Crippen LogP) is -0.249. The zero-order valence-corrected chi connectivity index (χ0v) is 10.5. The van der Waals surface area contributed by atoms with E-state index in [-0.39, 0.29) is 29.4 Å². The summed E-state index contributed by atoms with van der Waals surface area (Å²) in [4.78, 5) is 24.4. The molecule has 0 radical (unpaired) electrons. The summed E-state index contributed by atoms with van der Waals surface area (Å²) in [5, 5.41) is 2.26. The molecule has 0 saturated carbocycles. The topological polar surface area (TPSA) is 83.6 Å². The van der Waals surface area contributed by atoms with Gasteiger partial charge in [-0.05, 0) is 12.8 Å². The minimum absolute atomic E-state index is 0.0152. The fourth-order valence-electron chi connectivity index (χ4n) is 2.32. The van der Waals surface area contributed by atoms with Crippen molar-refractivity contribution in [1.82, 2.24) is 10.2 Å². The van der Waals surface area contributed by atoms with Gasteiger partial charge in [0, 0.05) is 12.6 Å². The number of amides is 3. The largest absolute Gasteiger partial charge is 0.324 e. The van der Waals surface area contributed by atoms with Crippen LogP contribution in [0.2, 0.25) is 0 Å². The van der Waals surface area contributed by atoms with Gasteiger partial charge in [0.05, 0.1) is 17.4 Å². The molecule has 0 spiro atoms. The van der Waals surface area contributed by atoms with Crippen LogP contribution in [-0.2, 0) is 14.6 Å². The molecule has 0 aliphatic carbocycles. The van der Waals surface area contributed by atoms with Gasteiger partial charge < -0.3 is 4.90 Å². The molecule has 0 aromatic carbocycles. The fraction of sp³-hybridized carbons (Fsp3) is 0.800. The molecular formula is C10H16N2O4S. The molecule has 17 heavy (non-hydrogen) atoms. The first kappa shape index (κ1) is 12.3. The van der Waals surface area contributed by atoms with Crippen LogP contribution in [0.1, 0.15) is 19.8 Å². The standard InChI is InChI=1S/C10H16N2O4S/c1-7-5-12(10(14)11-9(7)13)8-3-2-4-17(15,16)6-8/h7-8H,2-6H2,1H3,(H,11,13,14). The first-order valence-electron chi connectivity index (χ1n) is 5.71. The molecule has 2 aliphatic heterocycles. The molecular weight excluding hydrogens is 244 g/mol. The molecule has 0 bridgehead atoms. The van der Waals surface area contributed by atoms with Crippen LogP contribution in [0.3, 0.4) is 0 Å². The SMILES string of the molecule is CC1CN(C2CCCS(=O)(=O)C2)C(=O)NC1=O. The van der Waals surface area contributed by atoms with Gasteiger partial charge in [-0.3, -0.25) is 10.1 Å². The van der Waals surface area contributed by atoms with Crippen molar-refractivity contribution in [1.29, 1.82) is 0 Å². The van der Waals surface area contributed by atoms with E-state index in [1.165, 1.54) is 4.90 Å². The molecule has 1 N–H and O–H groups in total. The van der Waals surface area contributed by atoms with Gasteiger partial charge in [-0.2, -0.15) is 0 Å². The van der Waals surface area contributed by atoms with Gasteiger partial charge in [0.1, 0.15) is 0 Å². The molecule has 2 heterocycles. The van der Waals surface area contributed by atoms with E-state index in [1.807, 2.05) is 0 Å². The number of nitrogens with zero attached hydrogens (tertiary/aromatic N) is 1. The van der Waals surface area contributed by atoms with E-state index in [2.05, 4.69) is 5.32 Å².